The summed E-state index contributed by atoms with van der Waals surface area (Å²) >= 11 is 0. The van der Waals surface area contributed by atoms with Gasteiger partial charge >= 0.3 is 0 Å². The van der Waals surface area contributed by atoms with Crippen LogP contribution in [0.2, 0.25) is 0 Å². The lowest BCUT2D eigenvalue weighted by Gasteiger charge is -2.08. The van der Waals surface area contributed by atoms with E-state index >= 15 is 0 Å². The average Bonchev–Trinajstić information content (AvgIpc) is 2.91. The highest BCUT2D eigenvalue weighted by molar-refractivity contribution is 5.76. The summed E-state index contributed by atoms with van der Waals surface area (Å²) in [6.07, 6.45) is 0. The lowest BCUT2D eigenvalue weighted by molar-refractivity contribution is 0.291. The van der Waals surface area contributed by atoms with Crippen LogP contribution in [0.5, 0.6) is 11.5 Å². The van der Waals surface area contributed by atoms with E-state index in [-0.39, 0.29) is 0 Å². The van der Waals surface area contributed by atoms with Crippen LogP contribution in [0.25, 0.3) is 11.0 Å². The molecule has 0 bridgehead atoms. The topological polar surface area (TPSA) is 49.2 Å². The third-order valence-electron chi connectivity index (χ3n) is 3.76. The first kappa shape index (κ1) is 14.4. The van der Waals surface area contributed by atoms with Gasteiger partial charge in [0.1, 0.15) is 23.6 Å². The quantitative estimate of drug-likeness (QED) is 0.726. The number of hydrogen-bond acceptors (Lipinski definition) is 4. The van der Waals surface area contributed by atoms with Crippen LogP contribution in [0, 0.1) is 13.8 Å². The number of ether oxygens (including phenoxy) is 2. The molecule has 0 amide bonds. The predicted molar refractivity (Wildman–Crippen MR) is 85.5 cm³/mol. The summed E-state index contributed by atoms with van der Waals surface area (Å²) in [5.41, 5.74) is 4.44. The van der Waals surface area contributed by atoms with Gasteiger partial charge in [0.25, 0.3) is 0 Å². The first-order valence-electron chi connectivity index (χ1n) is 7.24. The zero-order chi connectivity index (χ0) is 15.5. The highest BCUT2D eigenvalue weighted by Crippen LogP contribution is 2.18. The predicted octanol–water partition coefficient (Wildman–Crippen LogP) is 3.14. The Balaban J connectivity index is 1.67. The molecular formula is C17H19N3O2. The lowest BCUT2D eigenvalue weighted by atomic mass is 10.1. The van der Waals surface area contributed by atoms with E-state index in [4.69, 9.17) is 9.47 Å². The Labute approximate surface area is 129 Å². The first-order valence-corrected chi connectivity index (χ1v) is 7.24. The molecule has 0 radical (unpaired) electrons. The Bertz CT molecular complexity index is 778. The number of rotatable bonds is 5. The second-order valence-electron chi connectivity index (χ2n) is 5.26. The number of hydrogen-bond donors (Lipinski definition) is 0. The van der Waals surface area contributed by atoms with Gasteiger partial charge in [0.15, 0.2) is 0 Å². The Morgan fingerprint density at radius 3 is 2.41 bits per heavy atom. The van der Waals surface area contributed by atoms with Crippen LogP contribution < -0.4 is 9.47 Å². The van der Waals surface area contributed by atoms with Crippen molar-refractivity contribution in [1.82, 2.24) is 15.0 Å². The SMILES string of the molecule is COc1ccc(OCCn2nnc3cc(C)c(C)cc32)cc1. The molecule has 5 heteroatoms. The second kappa shape index (κ2) is 6.05. The molecule has 3 rings (SSSR count). The third kappa shape index (κ3) is 2.88. The zero-order valence-corrected chi connectivity index (χ0v) is 13.0. The minimum atomic E-state index is 0.539. The Hall–Kier alpha value is -2.56. The van der Waals surface area contributed by atoms with Crippen molar-refractivity contribution in [3.63, 3.8) is 0 Å². The fraction of sp³-hybridized carbons (Fsp3) is 0.294. The van der Waals surface area contributed by atoms with Crippen LogP contribution >= 0.6 is 0 Å². The molecule has 0 atom stereocenters. The lowest BCUT2D eigenvalue weighted by Crippen LogP contribution is -2.09. The molecule has 0 unspecified atom stereocenters. The van der Waals surface area contributed by atoms with E-state index in [1.807, 2.05) is 28.9 Å². The molecule has 1 heterocycles. The number of nitrogens with zero attached hydrogens (tertiary/aromatic N) is 3. The molecule has 0 fully saturated rings. The second-order valence-corrected chi connectivity index (χ2v) is 5.26. The van der Waals surface area contributed by atoms with Crippen LogP contribution in [0.3, 0.4) is 0 Å². The third-order valence-corrected chi connectivity index (χ3v) is 3.76. The highest BCUT2D eigenvalue weighted by atomic mass is 16.5. The first-order chi connectivity index (χ1) is 10.7. The van der Waals surface area contributed by atoms with Gasteiger partial charge in [-0.3, -0.25) is 0 Å². The Morgan fingerprint density at radius 2 is 1.68 bits per heavy atom. The number of benzene rings is 2. The molecule has 2 aromatic carbocycles. The van der Waals surface area contributed by atoms with E-state index in [0.29, 0.717) is 13.2 Å². The molecule has 22 heavy (non-hydrogen) atoms. The molecule has 3 aromatic rings. The summed E-state index contributed by atoms with van der Waals surface area (Å²) in [6, 6.07) is 11.7. The molecule has 0 N–H and O–H groups in total. The van der Waals surface area contributed by atoms with Crippen molar-refractivity contribution in [1.29, 1.82) is 0 Å². The molecule has 0 spiro atoms. The molecule has 0 saturated carbocycles. The van der Waals surface area contributed by atoms with Crippen LogP contribution in [0.15, 0.2) is 36.4 Å². The van der Waals surface area contributed by atoms with Gasteiger partial charge in [-0.15, -0.1) is 5.10 Å². The standard InChI is InChI=1S/C17H19N3O2/c1-12-10-16-17(11-13(12)2)20(19-18-16)8-9-22-15-6-4-14(21-3)5-7-15/h4-7,10-11H,8-9H2,1-3H3. The summed E-state index contributed by atoms with van der Waals surface area (Å²) in [5, 5.41) is 8.41. The van der Waals surface area contributed by atoms with Gasteiger partial charge in [0.2, 0.25) is 0 Å². The average molecular weight is 297 g/mol. The van der Waals surface area contributed by atoms with Gasteiger partial charge < -0.3 is 9.47 Å². The van der Waals surface area contributed by atoms with Crippen molar-refractivity contribution in [2.24, 2.45) is 0 Å². The van der Waals surface area contributed by atoms with E-state index < -0.39 is 0 Å². The number of methoxy groups -OCH3 is 1. The van der Waals surface area contributed by atoms with E-state index in [1.165, 1.54) is 11.1 Å². The van der Waals surface area contributed by atoms with Crippen molar-refractivity contribution in [2.45, 2.75) is 20.4 Å². The number of aromatic nitrogens is 3. The minimum absolute atomic E-state index is 0.539. The molecule has 0 aliphatic carbocycles. The molecule has 5 nitrogen and oxygen atoms in total. The van der Waals surface area contributed by atoms with Gasteiger partial charge in [-0.05, 0) is 61.4 Å². The molecule has 0 aliphatic rings. The summed E-state index contributed by atoms with van der Waals surface area (Å²) in [5.74, 6) is 1.64. The monoisotopic (exact) mass is 297 g/mol. The van der Waals surface area contributed by atoms with Gasteiger partial charge in [-0.2, -0.15) is 0 Å². The fourth-order valence-electron chi connectivity index (χ4n) is 2.31. The van der Waals surface area contributed by atoms with E-state index in [1.54, 1.807) is 7.11 Å². The maximum Gasteiger partial charge on any atom is 0.119 e. The summed E-state index contributed by atoms with van der Waals surface area (Å²) < 4.78 is 12.7. The van der Waals surface area contributed by atoms with Crippen molar-refractivity contribution in [3.05, 3.63) is 47.5 Å². The van der Waals surface area contributed by atoms with E-state index in [0.717, 1.165) is 22.5 Å². The zero-order valence-electron chi connectivity index (χ0n) is 13.0. The molecule has 1 aromatic heterocycles. The van der Waals surface area contributed by atoms with Crippen LogP contribution in [0.4, 0.5) is 0 Å². The van der Waals surface area contributed by atoms with Crippen LogP contribution in [0.1, 0.15) is 11.1 Å². The smallest absolute Gasteiger partial charge is 0.119 e. The normalized spacial score (nSPS) is 10.9. The van der Waals surface area contributed by atoms with E-state index in [2.05, 4.69) is 36.3 Å². The van der Waals surface area contributed by atoms with Crippen molar-refractivity contribution in [3.8, 4) is 11.5 Å². The minimum Gasteiger partial charge on any atom is -0.497 e. The van der Waals surface area contributed by atoms with E-state index in [9.17, 15) is 0 Å². The van der Waals surface area contributed by atoms with Gasteiger partial charge in [0.05, 0.1) is 19.2 Å². The molecular weight excluding hydrogens is 278 g/mol. The van der Waals surface area contributed by atoms with Crippen molar-refractivity contribution < 1.29 is 9.47 Å². The largest absolute Gasteiger partial charge is 0.497 e. The summed E-state index contributed by atoms with van der Waals surface area (Å²) in [7, 11) is 1.65. The Morgan fingerprint density at radius 1 is 1.00 bits per heavy atom. The number of fused-ring (bicyclic) bond motifs is 1. The molecule has 0 saturated heterocycles. The van der Waals surface area contributed by atoms with Crippen LogP contribution in [-0.2, 0) is 6.54 Å². The van der Waals surface area contributed by atoms with Gasteiger partial charge in [-0.1, -0.05) is 5.21 Å². The van der Waals surface area contributed by atoms with Gasteiger partial charge in [0, 0.05) is 0 Å². The fourth-order valence-corrected chi connectivity index (χ4v) is 2.31. The summed E-state index contributed by atoms with van der Waals surface area (Å²) in [4.78, 5) is 0. The summed E-state index contributed by atoms with van der Waals surface area (Å²) in [6.45, 7) is 5.38. The molecule has 114 valence electrons. The highest BCUT2D eigenvalue weighted by Gasteiger charge is 2.06. The maximum absolute atomic E-state index is 5.74. The van der Waals surface area contributed by atoms with Crippen molar-refractivity contribution in [2.75, 3.05) is 13.7 Å². The van der Waals surface area contributed by atoms with Gasteiger partial charge in [-0.25, -0.2) is 4.68 Å². The van der Waals surface area contributed by atoms with Crippen molar-refractivity contribution >= 4 is 11.0 Å². The number of aryl methyl sites for hydroxylation is 2. The molecule has 0 aliphatic heterocycles. The Kier molecular flexibility index (Phi) is 3.96. The maximum atomic E-state index is 5.74. The van der Waals surface area contributed by atoms with Crippen LogP contribution in [-0.4, -0.2) is 28.7 Å².